The molecule has 2 aliphatic rings. The van der Waals surface area contributed by atoms with Gasteiger partial charge in [-0.3, -0.25) is 19.4 Å². The summed E-state index contributed by atoms with van der Waals surface area (Å²) in [4.78, 5) is 28.8. The van der Waals surface area contributed by atoms with Gasteiger partial charge in [0.05, 0.1) is 23.8 Å². The molecule has 4 rings (SSSR count). The monoisotopic (exact) mass is 444 g/mol. The van der Waals surface area contributed by atoms with Crippen molar-refractivity contribution in [3.05, 3.63) is 53.1 Å². The summed E-state index contributed by atoms with van der Waals surface area (Å²) < 4.78 is 10.7. The van der Waals surface area contributed by atoms with Crippen molar-refractivity contribution >= 4 is 29.1 Å². The van der Waals surface area contributed by atoms with Crippen LogP contribution in [0.25, 0.3) is 0 Å². The van der Waals surface area contributed by atoms with Crippen molar-refractivity contribution in [2.45, 2.75) is 6.54 Å². The zero-order chi connectivity index (χ0) is 21.6. The predicted octanol–water partition coefficient (Wildman–Crippen LogP) is 1.94. The Morgan fingerprint density at radius 1 is 0.903 bits per heavy atom. The number of carbonyl (C=O) groups is 2. The molecule has 2 amide bonds. The first-order valence-electron chi connectivity index (χ1n) is 10.2. The van der Waals surface area contributed by atoms with Crippen LogP contribution < -0.4 is 20.1 Å². The third-order valence-electron chi connectivity index (χ3n) is 5.27. The number of hydrogen-bond acceptors (Lipinski definition) is 6. The third-order valence-corrected chi connectivity index (χ3v) is 5.60. The third kappa shape index (κ3) is 5.88. The van der Waals surface area contributed by atoms with Gasteiger partial charge < -0.3 is 20.1 Å². The molecule has 164 valence electrons. The average molecular weight is 445 g/mol. The molecule has 0 saturated carbocycles. The molecule has 2 aliphatic heterocycles. The smallest absolute Gasteiger partial charge is 0.238 e. The van der Waals surface area contributed by atoms with E-state index in [0.717, 1.165) is 37.5 Å². The summed E-state index contributed by atoms with van der Waals surface area (Å²) in [6.07, 6.45) is 0. The number of rotatable bonds is 7. The number of halogens is 1. The Morgan fingerprint density at radius 2 is 1.58 bits per heavy atom. The van der Waals surface area contributed by atoms with E-state index in [0.29, 0.717) is 36.1 Å². The lowest BCUT2D eigenvalue weighted by Crippen LogP contribution is -2.50. The number of anilines is 1. The van der Waals surface area contributed by atoms with Crippen molar-refractivity contribution in [3.63, 3.8) is 0 Å². The fourth-order valence-electron chi connectivity index (χ4n) is 3.57. The van der Waals surface area contributed by atoms with Crippen LogP contribution >= 0.6 is 11.6 Å². The number of carbonyl (C=O) groups excluding carboxylic acids is 2. The van der Waals surface area contributed by atoms with Gasteiger partial charge >= 0.3 is 0 Å². The number of nitrogens with one attached hydrogen (secondary N) is 2. The second-order valence-electron chi connectivity index (χ2n) is 7.54. The van der Waals surface area contributed by atoms with Crippen LogP contribution in [0, 0.1) is 0 Å². The average Bonchev–Trinajstić information content (AvgIpc) is 3.23. The second-order valence-corrected chi connectivity index (χ2v) is 7.95. The molecule has 0 atom stereocenters. The van der Waals surface area contributed by atoms with E-state index >= 15 is 0 Å². The molecule has 2 aromatic rings. The van der Waals surface area contributed by atoms with Gasteiger partial charge in [-0.05, 0) is 29.8 Å². The molecular formula is C22H25ClN4O4. The number of ether oxygens (including phenoxy) is 2. The summed E-state index contributed by atoms with van der Waals surface area (Å²) in [6, 6.07) is 12.8. The molecule has 1 fully saturated rings. The first kappa shape index (κ1) is 21.4. The summed E-state index contributed by atoms with van der Waals surface area (Å²) in [5.41, 5.74) is 1.58. The Hall–Kier alpha value is -2.81. The van der Waals surface area contributed by atoms with Crippen molar-refractivity contribution < 1.29 is 19.1 Å². The molecule has 2 heterocycles. The van der Waals surface area contributed by atoms with Crippen molar-refractivity contribution in [1.82, 2.24) is 15.1 Å². The maximum Gasteiger partial charge on any atom is 0.238 e. The van der Waals surface area contributed by atoms with E-state index in [1.54, 1.807) is 12.1 Å². The summed E-state index contributed by atoms with van der Waals surface area (Å²) in [5.74, 6) is 1.32. The van der Waals surface area contributed by atoms with Gasteiger partial charge in [-0.15, -0.1) is 0 Å². The van der Waals surface area contributed by atoms with Crippen LogP contribution in [0.4, 0.5) is 5.69 Å². The predicted molar refractivity (Wildman–Crippen MR) is 117 cm³/mol. The highest BCUT2D eigenvalue weighted by Crippen LogP contribution is 2.32. The molecule has 2 N–H and O–H groups in total. The van der Waals surface area contributed by atoms with Gasteiger partial charge in [-0.1, -0.05) is 29.8 Å². The quantitative estimate of drug-likeness (QED) is 0.679. The van der Waals surface area contributed by atoms with Crippen LogP contribution in [0.3, 0.4) is 0 Å². The highest BCUT2D eigenvalue weighted by atomic mass is 35.5. The molecule has 0 aromatic heterocycles. The van der Waals surface area contributed by atoms with E-state index < -0.39 is 0 Å². The van der Waals surface area contributed by atoms with Crippen LogP contribution in [0.1, 0.15) is 5.56 Å². The summed E-state index contributed by atoms with van der Waals surface area (Å²) in [6.45, 7) is 4.24. The van der Waals surface area contributed by atoms with Crippen molar-refractivity contribution in [2.75, 3.05) is 51.4 Å². The van der Waals surface area contributed by atoms with E-state index in [-0.39, 0.29) is 18.6 Å². The molecule has 0 aliphatic carbocycles. The van der Waals surface area contributed by atoms with E-state index in [1.807, 2.05) is 30.3 Å². The van der Waals surface area contributed by atoms with Gasteiger partial charge in [0.1, 0.15) is 0 Å². The summed E-state index contributed by atoms with van der Waals surface area (Å²) in [7, 11) is 0. The Morgan fingerprint density at radius 3 is 2.32 bits per heavy atom. The first-order chi connectivity index (χ1) is 15.1. The lowest BCUT2D eigenvalue weighted by Gasteiger charge is -2.33. The second kappa shape index (κ2) is 10.00. The molecule has 0 spiro atoms. The molecule has 9 heteroatoms. The Labute approximate surface area is 186 Å². The Kier molecular flexibility index (Phi) is 6.91. The SMILES string of the molecule is O=C(CN1CCN(CC(=O)Nc2ccccc2Cl)CC1)NCc1ccc2c(c1)OCO2. The van der Waals surface area contributed by atoms with Gasteiger partial charge in [0, 0.05) is 32.7 Å². The van der Waals surface area contributed by atoms with Gasteiger partial charge in [-0.25, -0.2) is 0 Å². The molecule has 0 unspecified atom stereocenters. The molecule has 8 nitrogen and oxygen atoms in total. The molecule has 0 radical (unpaired) electrons. The standard InChI is InChI=1S/C22H25ClN4O4/c23-17-3-1-2-4-18(17)25-22(29)14-27-9-7-26(8-10-27)13-21(28)24-12-16-5-6-19-20(11-16)31-15-30-19/h1-6,11H,7-10,12-15H2,(H,24,28)(H,25,29). The van der Waals surface area contributed by atoms with Crippen LogP contribution in [0.5, 0.6) is 11.5 Å². The van der Waals surface area contributed by atoms with Crippen LogP contribution in [-0.2, 0) is 16.1 Å². The molecule has 0 bridgehead atoms. The number of fused-ring (bicyclic) bond motifs is 1. The zero-order valence-corrected chi connectivity index (χ0v) is 17.9. The Bertz CT molecular complexity index is 947. The summed E-state index contributed by atoms with van der Waals surface area (Å²) >= 11 is 6.08. The van der Waals surface area contributed by atoms with Crippen LogP contribution in [0.2, 0.25) is 5.02 Å². The van der Waals surface area contributed by atoms with Crippen molar-refractivity contribution in [1.29, 1.82) is 0 Å². The lowest BCUT2D eigenvalue weighted by atomic mass is 10.2. The topological polar surface area (TPSA) is 83.1 Å². The van der Waals surface area contributed by atoms with Crippen LogP contribution in [0.15, 0.2) is 42.5 Å². The fourth-order valence-corrected chi connectivity index (χ4v) is 3.75. The maximum absolute atomic E-state index is 12.3. The van der Waals surface area contributed by atoms with E-state index in [2.05, 4.69) is 20.4 Å². The molecule has 2 aromatic carbocycles. The highest BCUT2D eigenvalue weighted by molar-refractivity contribution is 6.33. The van der Waals surface area contributed by atoms with E-state index in [9.17, 15) is 9.59 Å². The highest BCUT2D eigenvalue weighted by Gasteiger charge is 2.21. The molecule has 1 saturated heterocycles. The van der Waals surface area contributed by atoms with Gasteiger partial charge in [0.2, 0.25) is 18.6 Å². The van der Waals surface area contributed by atoms with Gasteiger partial charge in [0.25, 0.3) is 0 Å². The lowest BCUT2D eigenvalue weighted by molar-refractivity contribution is -0.123. The minimum absolute atomic E-state index is 0.0254. The number of benzene rings is 2. The van der Waals surface area contributed by atoms with E-state index in [1.165, 1.54) is 0 Å². The van der Waals surface area contributed by atoms with E-state index in [4.69, 9.17) is 21.1 Å². The van der Waals surface area contributed by atoms with Gasteiger partial charge in [-0.2, -0.15) is 0 Å². The maximum atomic E-state index is 12.3. The minimum Gasteiger partial charge on any atom is -0.454 e. The fraction of sp³-hybridized carbons (Fsp3) is 0.364. The van der Waals surface area contributed by atoms with Crippen molar-refractivity contribution in [3.8, 4) is 11.5 Å². The largest absolute Gasteiger partial charge is 0.454 e. The number of nitrogens with zero attached hydrogens (tertiary/aromatic N) is 2. The molecular weight excluding hydrogens is 420 g/mol. The summed E-state index contributed by atoms with van der Waals surface area (Å²) in [5, 5.41) is 6.31. The van der Waals surface area contributed by atoms with Crippen LogP contribution in [-0.4, -0.2) is 67.7 Å². The van der Waals surface area contributed by atoms with Crippen molar-refractivity contribution in [2.24, 2.45) is 0 Å². The number of para-hydroxylation sites is 1. The number of amides is 2. The van der Waals surface area contributed by atoms with Gasteiger partial charge in [0.15, 0.2) is 11.5 Å². The zero-order valence-electron chi connectivity index (χ0n) is 17.1. The molecule has 31 heavy (non-hydrogen) atoms. The normalized spacial score (nSPS) is 16.2. The number of piperazine rings is 1. The first-order valence-corrected chi connectivity index (χ1v) is 10.6. The Balaban J connectivity index is 1.15. The number of hydrogen-bond donors (Lipinski definition) is 2. The minimum atomic E-state index is -0.0944.